The summed E-state index contributed by atoms with van der Waals surface area (Å²) in [6.45, 7) is 5.12. The zero-order chi connectivity index (χ0) is 19.7. The van der Waals surface area contributed by atoms with Crippen LogP contribution in [-0.2, 0) is 21.4 Å². The van der Waals surface area contributed by atoms with E-state index in [1.54, 1.807) is 4.90 Å². The molecule has 0 radical (unpaired) electrons. The summed E-state index contributed by atoms with van der Waals surface area (Å²) in [6.07, 6.45) is 1.65. The molecule has 0 saturated carbocycles. The van der Waals surface area contributed by atoms with Gasteiger partial charge in [0.15, 0.2) is 0 Å². The summed E-state index contributed by atoms with van der Waals surface area (Å²) < 4.78 is 26.5. The van der Waals surface area contributed by atoms with Gasteiger partial charge < -0.3 is 4.90 Å². The minimum Gasteiger partial charge on any atom is -0.339 e. The van der Waals surface area contributed by atoms with Crippen molar-refractivity contribution in [2.75, 3.05) is 13.1 Å². The highest BCUT2D eigenvalue weighted by molar-refractivity contribution is 7.92. The molecule has 0 unspecified atom stereocenters. The van der Waals surface area contributed by atoms with Gasteiger partial charge in [-0.3, -0.25) is 4.79 Å². The van der Waals surface area contributed by atoms with E-state index in [0.717, 1.165) is 22.1 Å². The van der Waals surface area contributed by atoms with Crippen LogP contribution < -0.4 is 4.72 Å². The lowest BCUT2D eigenvalue weighted by atomic mass is 10.1. The molecule has 0 aliphatic heterocycles. The number of aryl methyl sites for hydroxylation is 1. The number of carbonyl (C=O) groups is 1. The summed E-state index contributed by atoms with van der Waals surface area (Å²) >= 11 is 0. The van der Waals surface area contributed by atoms with Gasteiger partial charge in [-0.1, -0.05) is 54.6 Å². The summed E-state index contributed by atoms with van der Waals surface area (Å²) in [6, 6.07) is 17.1. The molecule has 0 heterocycles. The summed E-state index contributed by atoms with van der Waals surface area (Å²) in [7, 11) is -3.57. The highest BCUT2D eigenvalue weighted by Gasteiger charge is 2.14. The third kappa shape index (κ3) is 7.00. The molecule has 5 nitrogen and oxygen atoms in total. The maximum Gasteiger partial charge on any atom is 0.233 e. The number of benzene rings is 2. The molecule has 1 amide bonds. The topological polar surface area (TPSA) is 66.5 Å². The molecule has 0 aliphatic carbocycles. The first kappa shape index (κ1) is 20.9. The van der Waals surface area contributed by atoms with Gasteiger partial charge in [-0.05, 0) is 36.6 Å². The molecule has 144 valence electrons. The second kappa shape index (κ2) is 10.0. The molecular weight excluding hydrogens is 360 g/mol. The first-order valence-electron chi connectivity index (χ1n) is 8.96. The third-order valence-corrected chi connectivity index (χ3v) is 5.34. The standard InChI is InChI=1S/C21H26N2O3S/c1-3-23(17-20-12-8-7-9-18(20)2)21(24)13-15-22-27(25,26)16-14-19-10-5-4-6-11-19/h4-12,14,16,22H,3,13,15,17H2,1-2H3/b16-14+. The molecule has 0 atom stereocenters. The molecule has 0 saturated heterocycles. The Hall–Kier alpha value is -2.44. The fourth-order valence-electron chi connectivity index (χ4n) is 2.61. The van der Waals surface area contributed by atoms with Crippen LogP contribution in [0.1, 0.15) is 30.0 Å². The SMILES string of the molecule is CCN(Cc1ccccc1C)C(=O)CCNS(=O)(=O)/C=C/c1ccccc1. The van der Waals surface area contributed by atoms with E-state index in [9.17, 15) is 13.2 Å². The van der Waals surface area contributed by atoms with Crippen LogP contribution in [0.4, 0.5) is 0 Å². The van der Waals surface area contributed by atoms with Crippen LogP contribution in [0, 0.1) is 6.92 Å². The minimum absolute atomic E-state index is 0.0736. The van der Waals surface area contributed by atoms with Crippen molar-refractivity contribution in [1.82, 2.24) is 9.62 Å². The van der Waals surface area contributed by atoms with Crippen molar-refractivity contribution in [3.8, 4) is 0 Å². The van der Waals surface area contributed by atoms with E-state index < -0.39 is 10.0 Å². The van der Waals surface area contributed by atoms with Crippen LogP contribution in [0.5, 0.6) is 0 Å². The molecule has 27 heavy (non-hydrogen) atoms. The van der Waals surface area contributed by atoms with E-state index in [2.05, 4.69) is 4.72 Å². The van der Waals surface area contributed by atoms with E-state index in [1.807, 2.05) is 68.4 Å². The Morgan fingerprint density at radius 2 is 1.74 bits per heavy atom. The summed E-state index contributed by atoms with van der Waals surface area (Å²) in [5.74, 6) is -0.0736. The number of hydrogen-bond donors (Lipinski definition) is 1. The van der Waals surface area contributed by atoms with Crippen molar-refractivity contribution in [3.05, 3.63) is 76.7 Å². The molecule has 0 fully saturated rings. The van der Waals surface area contributed by atoms with Gasteiger partial charge in [-0.2, -0.15) is 0 Å². The maximum atomic E-state index is 12.4. The molecule has 2 aromatic rings. The van der Waals surface area contributed by atoms with Crippen molar-refractivity contribution in [1.29, 1.82) is 0 Å². The van der Waals surface area contributed by atoms with Crippen LogP contribution in [0.2, 0.25) is 0 Å². The van der Waals surface area contributed by atoms with Gasteiger partial charge in [0.2, 0.25) is 15.9 Å². The molecule has 6 heteroatoms. The smallest absolute Gasteiger partial charge is 0.233 e. The lowest BCUT2D eigenvalue weighted by Crippen LogP contribution is -2.33. The highest BCUT2D eigenvalue weighted by atomic mass is 32.2. The fraction of sp³-hybridized carbons (Fsp3) is 0.286. The Morgan fingerprint density at radius 1 is 1.07 bits per heavy atom. The number of amides is 1. The van der Waals surface area contributed by atoms with Crippen molar-refractivity contribution in [2.45, 2.75) is 26.8 Å². The molecule has 2 aromatic carbocycles. The quantitative estimate of drug-likeness (QED) is 0.719. The molecule has 0 aromatic heterocycles. The molecule has 2 rings (SSSR count). The second-order valence-electron chi connectivity index (χ2n) is 6.24. The lowest BCUT2D eigenvalue weighted by molar-refractivity contribution is -0.131. The zero-order valence-electron chi connectivity index (χ0n) is 15.8. The van der Waals surface area contributed by atoms with Crippen molar-refractivity contribution < 1.29 is 13.2 Å². The van der Waals surface area contributed by atoms with Crippen molar-refractivity contribution in [2.24, 2.45) is 0 Å². The predicted molar refractivity (Wildman–Crippen MR) is 109 cm³/mol. The first-order valence-corrected chi connectivity index (χ1v) is 10.5. The Bertz CT molecular complexity index is 877. The number of rotatable bonds is 9. The highest BCUT2D eigenvalue weighted by Crippen LogP contribution is 2.11. The van der Waals surface area contributed by atoms with Gasteiger partial charge in [0.25, 0.3) is 0 Å². The maximum absolute atomic E-state index is 12.4. The van der Waals surface area contributed by atoms with Crippen LogP contribution in [0.25, 0.3) is 6.08 Å². The van der Waals surface area contributed by atoms with E-state index in [1.165, 1.54) is 6.08 Å². The average Bonchev–Trinajstić information content (AvgIpc) is 2.66. The predicted octanol–water partition coefficient (Wildman–Crippen LogP) is 3.32. The minimum atomic E-state index is -3.57. The molecule has 1 N–H and O–H groups in total. The molecule has 0 aliphatic rings. The van der Waals surface area contributed by atoms with Gasteiger partial charge in [0.1, 0.15) is 0 Å². The van der Waals surface area contributed by atoms with Gasteiger partial charge in [-0.25, -0.2) is 13.1 Å². The van der Waals surface area contributed by atoms with Crippen LogP contribution in [0.15, 0.2) is 60.0 Å². The molecule has 0 spiro atoms. The average molecular weight is 387 g/mol. The summed E-state index contributed by atoms with van der Waals surface area (Å²) in [5.41, 5.74) is 3.03. The van der Waals surface area contributed by atoms with Crippen molar-refractivity contribution >= 4 is 22.0 Å². The summed E-state index contributed by atoms with van der Waals surface area (Å²) in [4.78, 5) is 14.2. The Kier molecular flexibility index (Phi) is 7.76. The number of nitrogens with one attached hydrogen (secondary N) is 1. The van der Waals surface area contributed by atoms with E-state index in [0.29, 0.717) is 13.1 Å². The summed E-state index contributed by atoms with van der Waals surface area (Å²) in [5, 5.41) is 1.12. The number of nitrogens with zero attached hydrogens (tertiary/aromatic N) is 1. The van der Waals surface area contributed by atoms with E-state index in [4.69, 9.17) is 0 Å². The number of hydrogen-bond acceptors (Lipinski definition) is 3. The largest absolute Gasteiger partial charge is 0.339 e. The molecular formula is C21H26N2O3S. The Labute approximate surface area is 161 Å². The van der Waals surface area contributed by atoms with Gasteiger partial charge in [0, 0.05) is 31.5 Å². The zero-order valence-corrected chi connectivity index (χ0v) is 16.6. The van der Waals surface area contributed by atoms with Crippen LogP contribution in [-0.4, -0.2) is 32.3 Å². The third-order valence-electron chi connectivity index (χ3n) is 4.24. The van der Waals surface area contributed by atoms with Gasteiger partial charge >= 0.3 is 0 Å². The van der Waals surface area contributed by atoms with Gasteiger partial charge in [0.05, 0.1) is 0 Å². The van der Waals surface area contributed by atoms with Gasteiger partial charge in [-0.15, -0.1) is 0 Å². The monoisotopic (exact) mass is 386 g/mol. The van der Waals surface area contributed by atoms with Crippen molar-refractivity contribution in [3.63, 3.8) is 0 Å². The van der Waals surface area contributed by atoms with E-state index in [-0.39, 0.29) is 18.9 Å². The van der Waals surface area contributed by atoms with E-state index >= 15 is 0 Å². The molecule has 0 bridgehead atoms. The Balaban J connectivity index is 1.86. The first-order chi connectivity index (χ1) is 12.9. The lowest BCUT2D eigenvalue weighted by Gasteiger charge is -2.22. The Morgan fingerprint density at radius 3 is 2.41 bits per heavy atom. The number of carbonyl (C=O) groups excluding carboxylic acids is 1. The second-order valence-corrected chi connectivity index (χ2v) is 7.89. The normalized spacial score (nSPS) is 11.6. The number of sulfonamides is 1. The van der Waals surface area contributed by atoms with Crippen LogP contribution in [0.3, 0.4) is 0 Å². The fourth-order valence-corrected chi connectivity index (χ4v) is 3.43. The van der Waals surface area contributed by atoms with Crippen LogP contribution >= 0.6 is 0 Å².